The van der Waals surface area contributed by atoms with Crippen LogP contribution in [0.5, 0.6) is 0 Å². The van der Waals surface area contributed by atoms with Crippen LogP contribution in [0.15, 0.2) is 54.9 Å². The maximum atomic E-state index is 14.8. The molecule has 2 amide bonds. The summed E-state index contributed by atoms with van der Waals surface area (Å²) in [5.74, 6) is -1.55. The van der Waals surface area contributed by atoms with Crippen molar-refractivity contribution in [1.82, 2.24) is 25.0 Å². The Kier molecular flexibility index (Phi) is 6.72. The summed E-state index contributed by atoms with van der Waals surface area (Å²) in [5, 5.41) is 7.12. The van der Waals surface area contributed by atoms with Crippen LogP contribution in [0.1, 0.15) is 56.0 Å². The van der Waals surface area contributed by atoms with Crippen LogP contribution in [0.25, 0.3) is 5.69 Å². The van der Waals surface area contributed by atoms with Gasteiger partial charge in [0.25, 0.3) is 0 Å². The number of likely N-dealkylation sites (tertiary alicyclic amines) is 1. The van der Waals surface area contributed by atoms with Gasteiger partial charge in [-0.25, -0.2) is 14.1 Å². The van der Waals surface area contributed by atoms with Crippen LogP contribution in [0.4, 0.5) is 8.78 Å². The van der Waals surface area contributed by atoms with Gasteiger partial charge in [0.2, 0.25) is 17.8 Å². The fourth-order valence-corrected chi connectivity index (χ4v) is 4.27. The summed E-state index contributed by atoms with van der Waals surface area (Å²) < 4.78 is 30.5. The molecule has 3 aromatic rings. The standard InChI is InChI=1S/C25H27F2N5O2/c1-15(2)20-8-9-21(29-24(20)27)23(17-6-4-7-19(12-17)32-11-5-10-28-32)30-25(34)22-13-18(26)14-31(22)16(3)33/h4-12,15,18,22-23H,13-14H2,1-3H3,(H,30,34)/t18-,22+,23?/m1/s1. The Bertz CT molecular complexity index is 1180. The number of halogens is 2. The van der Waals surface area contributed by atoms with E-state index < -0.39 is 30.1 Å². The topological polar surface area (TPSA) is 80.1 Å². The molecule has 34 heavy (non-hydrogen) atoms. The van der Waals surface area contributed by atoms with Crippen molar-refractivity contribution >= 4 is 11.8 Å². The molecule has 0 radical (unpaired) electrons. The molecular formula is C25H27F2N5O2. The molecule has 1 aliphatic rings. The number of carbonyl (C=O) groups is 2. The van der Waals surface area contributed by atoms with Gasteiger partial charge in [0.05, 0.1) is 24.0 Å². The van der Waals surface area contributed by atoms with Crippen molar-refractivity contribution in [1.29, 1.82) is 0 Å². The highest BCUT2D eigenvalue weighted by Gasteiger charge is 2.39. The van der Waals surface area contributed by atoms with Crippen molar-refractivity contribution in [3.05, 3.63) is 77.6 Å². The van der Waals surface area contributed by atoms with Gasteiger partial charge >= 0.3 is 0 Å². The Morgan fingerprint density at radius 2 is 1.97 bits per heavy atom. The number of hydrogen-bond acceptors (Lipinski definition) is 4. The van der Waals surface area contributed by atoms with Crippen molar-refractivity contribution in [2.75, 3.05) is 6.54 Å². The SMILES string of the molecule is CC(=O)N1C[C@H](F)C[C@H]1C(=O)NC(c1cccc(-n2cccn2)c1)c1ccc(C(C)C)c(F)n1. The van der Waals surface area contributed by atoms with Gasteiger partial charge < -0.3 is 10.2 Å². The normalized spacial score (nSPS) is 18.8. The summed E-state index contributed by atoms with van der Waals surface area (Å²) in [6.45, 7) is 4.93. The minimum Gasteiger partial charge on any atom is -0.342 e. The molecule has 0 aliphatic carbocycles. The van der Waals surface area contributed by atoms with Gasteiger partial charge in [0.15, 0.2) is 0 Å². The number of rotatable bonds is 6. The van der Waals surface area contributed by atoms with Gasteiger partial charge in [-0.05, 0) is 35.7 Å². The fraction of sp³-hybridized carbons (Fsp3) is 0.360. The predicted molar refractivity (Wildman–Crippen MR) is 123 cm³/mol. The zero-order valence-corrected chi connectivity index (χ0v) is 19.3. The van der Waals surface area contributed by atoms with Crippen molar-refractivity contribution in [3.63, 3.8) is 0 Å². The van der Waals surface area contributed by atoms with E-state index in [9.17, 15) is 18.4 Å². The molecule has 0 saturated carbocycles. The first kappa shape index (κ1) is 23.5. The summed E-state index contributed by atoms with van der Waals surface area (Å²) in [6, 6.07) is 10.7. The second kappa shape index (κ2) is 9.70. The molecule has 1 saturated heterocycles. The molecule has 1 unspecified atom stereocenters. The van der Waals surface area contributed by atoms with Crippen LogP contribution >= 0.6 is 0 Å². The first-order chi connectivity index (χ1) is 16.2. The summed E-state index contributed by atoms with van der Waals surface area (Å²) in [5.41, 5.74) is 2.17. The van der Waals surface area contributed by atoms with E-state index in [1.807, 2.05) is 26.0 Å². The summed E-state index contributed by atoms with van der Waals surface area (Å²) in [4.78, 5) is 30.6. The number of hydrogen-bond donors (Lipinski definition) is 1. The maximum Gasteiger partial charge on any atom is 0.243 e. The van der Waals surface area contributed by atoms with Crippen molar-refractivity contribution in [2.45, 2.75) is 51.4 Å². The van der Waals surface area contributed by atoms with Crippen molar-refractivity contribution in [3.8, 4) is 5.69 Å². The Labute approximate surface area is 196 Å². The first-order valence-corrected chi connectivity index (χ1v) is 11.2. The molecule has 3 atom stereocenters. The van der Waals surface area contributed by atoms with Gasteiger partial charge in [-0.1, -0.05) is 32.0 Å². The van der Waals surface area contributed by atoms with Crippen LogP contribution < -0.4 is 5.32 Å². The van der Waals surface area contributed by atoms with Gasteiger partial charge in [-0.2, -0.15) is 9.49 Å². The average Bonchev–Trinajstić information content (AvgIpc) is 3.47. The van der Waals surface area contributed by atoms with Crippen LogP contribution in [0.2, 0.25) is 0 Å². The third-order valence-electron chi connectivity index (χ3n) is 6.03. The highest BCUT2D eigenvalue weighted by Crippen LogP contribution is 2.27. The van der Waals surface area contributed by atoms with Gasteiger partial charge in [-0.3, -0.25) is 9.59 Å². The third-order valence-corrected chi connectivity index (χ3v) is 6.03. The lowest BCUT2D eigenvalue weighted by molar-refractivity contribution is -0.137. The Morgan fingerprint density at radius 1 is 1.18 bits per heavy atom. The molecule has 4 rings (SSSR count). The molecule has 1 fully saturated rings. The molecule has 7 nitrogen and oxygen atoms in total. The van der Waals surface area contributed by atoms with E-state index in [-0.39, 0.29) is 24.8 Å². The van der Waals surface area contributed by atoms with Crippen LogP contribution in [-0.4, -0.2) is 50.2 Å². The van der Waals surface area contributed by atoms with E-state index in [0.717, 1.165) is 5.69 Å². The third kappa shape index (κ3) is 4.83. The number of aromatic nitrogens is 3. The van der Waals surface area contributed by atoms with E-state index in [1.165, 1.54) is 11.8 Å². The molecule has 3 heterocycles. The number of benzene rings is 1. The van der Waals surface area contributed by atoms with E-state index in [4.69, 9.17) is 0 Å². The molecule has 1 aliphatic heterocycles. The largest absolute Gasteiger partial charge is 0.342 e. The summed E-state index contributed by atoms with van der Waals surface area (Å²) in [7, 11) is 0. The van der Waals surface area contributed by atoms with Gasteiger partial charge in [0.1, 0.15) is 12.2 Å². The van der Waals surface area contributed by atoms with Crippen molar-refractivity contribution < 1.29 is 18.4 Å². The summed E-state index contributed by atoms with van der Waals surface area (Å²) >= 11 is 0. The van der Waals surface area contributed by atoms with E-state index in [2.05, 4.69) is 15.4 Å². The first-order valence-electron chi connectivity index (χ1n) is 11.2. The van der Waals surface area contributed by atoms with Gasteiger partial charge in [-0.15, -0.1) is 0 Å². The smallest absolute Gasteiger partial charge is 0.243 e. The molecule has 2 aromatic heterocycles. The lowest BCUT2D eigenvalue weighted by Gasteiger charge is -2.26. The Hall–Kier alpha value is -3.62. The second-order valence-corrected chi connectivity index (χ2v) is 8.78. The number of nitrogens with one attached hydrogen (secondary N) is 1. The second-order valence-electron chi connectivity index (χ2n) is 8.78. The predicted octanol–water partition coefficient (Wildman–Crippen LogP) is 3.69. The molecule has 9 heteroatoms. The molecule has 1 aromatic carbocycles. The van der Waals surface area contributed by atoms with E-state index >= 15 is 0 Å². The minimum atomic E-state index is -1.28. The molecule has 0 bridgehead atoms. The average molecular weight is 468 g/mol. The lowest BCUT2D eigenvalue weighted by atomic mass is 9.99. The Balaban J connectivity index is 1.72. The Morgan fingerprint density at radius 3 is 2.62 bits per heavy atom. The monoisotopic (exact) mass is 467 g/mol. The van der Waals surface area contributed by atoms with Crippen LogP contribution in [0, 0.1) is 5.95 Å². The van der Waals surface area contributed by atoms with Crippen LogP contribution in [0.3, 0.4) is 0 Å². The number of pyridine rings is 1. The quantitative estimate of drug-likeness (QED) is 0.561. The van der Waals surface area contributed by atoms with E-state index in [0.29, 0.717) is 16.8 Å². The number of carbonyl (C=O) groups excluding carboxylic acids is 2. The van der Waals surface area contributed by atoms with Gasteiger partial charge in [0, 0.05) is 31.3 Å². The number of amides is 2. The molecule has 178 valence electrons. The minimum absolute atomic E-state index is 0.0539. The highest BCUT2D eigenvalue weighted by atomic mass is 19.1. The summed E-state index contributed by atoms with van der Waals surface area (Å²) in [6.07, 6.45) is 2.07. The molecule has 0 spiro atoms. The zero-order valence-electron chi connectivity index (χ0n) is 19.3. The number of alkyl halides is 1. The van der Waals surface area contributed by atoms with Crippen molar-refractivity contribution in [2.24, 2.45) is 0 Å². The fourth-order valence-electron chi connectivity index (χ4n) is 4.27. The lowest BCUT2D eigenvalue weighted by Crippen LogP contribution is -2.46. The zero-order chi connectivity index (χ0) is 24.4. The molecule has 1 N–H and O–H groups in total. The molecular weight excluding hydrogens is 440 g/mol. The number of nitrogens with zero attached hydrogens (tertiary/aromatic N) is 4. The van der Waals surface area contributed by atoms with Crippen LogP contribution in [-0.2, 0) is 9.59 Å². The van der Waals surface area contributed by atoms with E-state index in [1.54, 1.807) is 47.4 Å². The highest BCUT2D eigenvalue weighted by molar-refractivity contribution is 5.88. The maximum absolute atomic E-state index is 14.8.